The van der Waals surface area contributed by atoms with Crippen molar-refractivity contribution in [3.8, 4) is 5.75 Å². The van der Waals surface area contributed by atoms with Crippen LogP contribution in [0.2, 0.25) is 0 Å². The Morgan fingerprint density at radius 2 is 2.07 bits per heavy atom. The van der Waals surface area contributed by atoms with Crippen molar-refractivity contribution in [1.82, 2.24) is 9.55 Å². The second kappa shape index (κ2) is 2.73. The van der Waals surface area contributed by atoms with Crippen LogP contribution in [-0.4, -0.2) is 14.7 Å². The molecule has 0 radical (unpaired) electrons. The number of fused-ring (bicyclic) bond motifs is 1. The molecule has 5 heteroatoms. The van der Waals surface area contributed by atoms with E-state index in [1.54, 1.807) is 12.1 Å². The van der Waals surface area contributed by atoms with Gasteiger partial charge < -0.3 is 14.7 Å². The molecule has 0 unspecified atom stereocenters. The number of hydrogen-bond acceptors (Lipinski definition) is 3. The predicted octanol–water partition coefficient (Wildman–Crippen LogP) is -0.0676. The predicted molar refractivity (Wildman–Crippen MR) is 51.5 cm³/mol. The first-order valence-corrected chi connectivity index (χ1v) is 4.02. The lowest BCUT2D eigenvalue weighted by atomic mass is 10.3. The average Bonchev–Trinajstić information content (AvgIpc) is 2.17. The van der Waals surface area contributed by atoms with E-state index in [2.05, 4.69) is 4.98 Å². The van der Waals surface area contributed by atoms with Gasteiger partial charge in [0.2, 0.25) is 0 Å². The second-order valence-electron chi connectivity index (χ2n) is 2.99. The molecule has 2 aromatic rings. The van der Waals surface area contributed by atoms with Gasteiger partial charge in [-0.1, -0.05) is 6.07 Å². The van der Waals surface area contributed by atoms with Crippen molar-refractivity contribution in [3.63, 3.8) is 0 Å². The first-order chi connectivity index (χ1) is 6.61. The summed E-state index contributed by atoms with van der Waals surface area (Å²) >= 11 is 0. The summed E-state index contributed by atoms with van der Waals surface area (Å²) in [6.07, 6.45) is 0. The fraction of sp³-hybridized carbons (Fsp3) is 0.111. The van der Waals surface area contributed by atoms with Crippen molar-refractivity contribution < 1.29 is 5.11 Å². The molecule has 1 aromatic heterocycles. The van der Waals surface area contributed by atoms with Gasteiger partial charge in [0.05, 0.1) is 5.52 Å². The van der Waals surface area contributed by atoms with Crippen molar-refractivity contribution in [1.29, 1.82) is 0 Å². The summed E-state index contributed by atoms with van der Waals surface area (Å²) in [5, 5.41) is 9.43. The number of H-pyrrole nitrogens is 1. The Hall–Kier alpha value is -2.04. The molecule has 14 heavy (non-hydrogen) atoms. The van der Waals surface area contributed by atoms with Crippen LogP contribution in [0.4, 0.5) is 0 Å². The summed E-state index contributed by atoms with van der Waals surface area (Å²) in [6, 6.07) is 4.70. The van der Waals surface area contributed by atoms with E-state index in [1.807, 2.05) is 0 Å². The van der Waals surface area contributed by atoms with Crippen molar-refractivity contribution in [2.24, 2.45) is 7.05 Å². The zero-order valence-electron chi connectivity index (χ0n) is 7.44. The standard InChI is InChI=1S/C9H8N2O3/c1-11-5-3-2-4-6(12)7(5)10-8(13)9(11)14/h2-4,12H,1H3,(H,10,13). The molecule has 5 nitrogen and oxygen atoms in total. The molecule has 2 N–H and O–H groups in total. The molecule has 0 fully saturated rings. The maximum Gasteiger partial charge on any atom is 0.316 e. The van der Waals surface area contributed by atoms with Gasteiger partial charge in [-0.2, -0.15) is 0 Å². The van der Waals surface area contributed by atoms with Crippen LogP contribution in [0.1, 0.15) is 0 Å². The molecule has 2 rings (SSSR count). The summed E-state index contributed by atoms with van der Waals surface area (Å²) in [6.45, 7) is 0. The molecule has 0 saturated heterocycles. The van der Waals surface area contributed by atoms with Crippen LogP contribution in [0.15, 0.2) is 27.8 Å². The SMILES string of the molecule is Cn1c(=O)c(=O)[nH]c2c(O)cccc21. The number of nitrogens with one attached hydrogen (secondary N) is 1. The van der Waals surface area contributed by atoms with Gasteiger partial charge in [-0.25, -0.2) is 0 Å². The number of benzene rings is 1. The van der Waals surface area contributed by atoms with Gasteiger partial charge in [0, 0.05) is 7.05 Å². The highest BCUT2D eigenvalue weighted by atomic mass is 16.3. The normalized spacial score (nSPS) is 10.6. The molecule has 0 aliphatic carbocycles. The van der Waals surface area contributed by atoms with E-state index in [0.29, 0.717) is 5.52 Å². The maximum absolute atomic E-state index is 11.2. The smallest absolute Gasteiger partial charge is 0.316 e. The van der Waals surface area contributed by atoms with E-state index >= 15 is 0 Å². The number of aromatic hydroxyl groups is 1. The van der Waals surface area contributed by atoms with Gasteiger partial charge in [0.1, 0.15) is 11.3 Å². The monoisotopic (exact) mass is 192 g/mol. The minimum absolute atomic E-state index is 0.0461. The van der Waals surface area contributed by atoms with Crippen molar-refractivity contribution in [2.75, 3.05) is 0 Å². The zero-order valence-corrected chi connectivity index (χ0v) is 7.44. The van der Waals surface area contributed by atoms with Crippen molar-refractivity contribution in [2.45, 2.75) is 0 Å². The van der Waals surface area contributed by atoms with Crippen LogP contribution in [-0.2, 0) is 7.05 Å². The van der Waals surface area contributed by atoms with Crippen LogP contribution in [0.3, 0.4) is 0 Å². The number of nitrogens with zero attached hydrogens (tertiary/aromatic N) is 1. The molecular weight excluding hydrogens is 184 g/mol. The molecule has 0 amide bonds. The number of aryl methyl sites for hydroxylation is 1. The largest absolute Gasteiger partial charge is 0.506 e. The molecule has 1 aromatic carbocycles. The van der Waals surface area contributed by atoms with E-state index in [1.165, 1.54) is 17.7 Å². The lowest BCUT2D eigenvalue weighted by molar-refractivity contribution is 0.480. The number of rotatable bonds is 0. The summed E-state index contributed by atoms with van der Waals surface area (Å²) in [5.74, 6) is -0.0461. The van der Waals surface area contributed by atoms with Gasteiger partial charge in [-0.15, -0.1) is 0 Å². The lowest BCUT2D eigenvalue weighted by Gasteiger charge is -2.04. The lowest BCUT2D eigenvalue weighted by Crippen LogP contribution is -2.34. The van der Waals surface area contributed by atoms with E-state index in [4.69, 9.17) is 0 Å². The Balaban J connectivity index is 3.14. The number of phenols is 1. The first kappa shape index (κ1) is 8.55. The fourth-order valence-electron chi connectivity index (χ4n) is 1.36. The van der Waals surface area contributed by atoms with Gasteiger partial charge >= 0.3 is 11.1 Å². The Morgan fingerprint density at radius 1 is 1.36 bits per heavy atom. The quantitative estimate of drug-likeness (QED) is 0.574. The van der Waals surface area contributed by atoms with E-state index in [-0.39, 0.29) is 11.3 Å². The highest BCUT2D eigenvalue weighted by Crippen LogP contribution is 2.18. The molecular formula is C9H8N2O3. The van der Waals surface area contributed by atoms with Crippen LogP contribution >= 0.6 is 0 Å². The van der Waals surface area contributed by atoms with Gasteiger partial charge in [0.25, 0.3) is 0 Å². The topological polar surface area (TPSA) is 75.1 Å². The molecule has 0 atom stereocenters. The van der Waals surface area contributed by atoms with Crippen molar-refractivity contribution in [3.05, 3.63) is 38.9 Å². The fourth-order valence-corrected chi connectivity index (χ4v) is 1.36. The number of phenolic OH excluding ortho intramolecular Hbond substituents is 1. The molecule has 72 valence electrons. The molecule has 0 aliphatic heterocycles. The Labute approximate surface area is 78.2 Å². The Bertz CT molecular complexity index is 609. The number of para-hydroxylation sites is 1. The van der Waals surface area contributed by atoms with Gasteiger partial charge in [0.15, 0.2) is 0 Å². The van der Waals surface area contributed by atoms with E-state index in [9.17, 15) is 14.7 Å². The number of hydrogen-bond donors (Lipinski definition) is 2. The highest BCUT2D eigenvalue weighted by Gasteiger charge is 2.06. The van der Waals surface area contributed by atoms with Gasteiger partial charge in [-0.3, -0.25) is 9.59 Å². The third kappa shape index (κ3) is 1.02. The van der Waals surface area contributed by atoms with Crippen LogP contribution in [0, 0.1) is 0 Å². The minimum atomic E-state index is -0.735. The van der Waals surface area contributed by atoms with E-state index in [0.717, 1.165) is 0 Å². The highest BCUT2D eigenvalue weighted by molar-refractivity contribution is 5.80. The molecule has 0 bridgehead atoms. The molecule has 1 heterocycles. The van der Waals surface area contributed by atoms with Crippen LogP contribution in [0.5, 0.6) is 5.75 Å². The summed E-state index contributed by atoms with van der Waals surface area (Å²) in [4.78, 5) is 24.7. The maximum atomic E-state index is 11.2. The summed E-state index contributed by atoms with van der Waals surface area (Å²) < 4.78 is 1.20. The second-order valence-corrected chi connectivity index (χ2v) is 2.99. The third-order valence-corrected chi connectivity index (χ3v) is 2.12. The number of aromatic amines is 1. The number of aromatic nitrogens is 2. The molecule has 0 aliphatic rings. The summed E-state index contributed by atoms with van der Waals surface area (Å²) in [5.41, 5.74) is -0.598. The minimum Gasteiger partial charge on any atom is -0.506 e. The first-order valence-electron chi connectivity index (χ1n) is 4.02. The summed E-state index contributed by atoms with van der Waals surface area (Å²) in [7, 11) is 1.49. The molecule has 0 saturated carbocycles. The van der Waals surface area contributed by atoms with Crippen LogP contribution < -0.4 is 11.1 Å². The van der Waals surface area contributed by atoms with Crippen LogP contribution in [0.25, 0.3) is 11.0 Å². The third-order valence-electron chi connectivity index (χ3n) is 2.12. The average molecular weight is 192 g/mol. The van der Waals surface area contributed by atoms with Crippen molar-refractivity contribution >= 4 is 11.0 Å². The van der Waals surface area contributed by atoms with Gasteiger partial charge in [-0.05, 0) is 12.1 Å². The molecule has 0 spiro atoms. The Morgan fingerprint density at radius 3 is 2.79 bits per heavy atom. The van der Waals surface area contributed by atoms with E-state index < -0.39 is 11.1 Å². The zero-order chi connectivity index (χ0) is 10.3. The Kier molecular flexibility index (Phi) is 1.67.